The minimum atomic E-state index is -1.38. The van der Waals surface area contributed by atoms with E-state index in [1.807, 2.05) is 67.6 Å². The van der Waals surface area contributed by atoms with E-state index < -0.39 is 72.2 Å². The first-order valence-corrected chi connectivity index (χ1v) is 18.9. The first-order valence-electron chi connectivity index (χ1n) is 18.5. The number of nitrogens with zero attached hydrogens (tertiary/aromatic N) is 3. The van der Waals surface area contributed by atoms with Crippen molar-refractivity contribution >= 4 is 41.0 Å². The quantitative estimate of drug-likeness (QED) is 0.142. The number of carbonyl (C=O) groups is 4. The molecule has 3 aromatic carbocycles. The third-order valence-electron chi connectivity index (χ3n) is 11.3. The molecule has 1 N–H and O–H groups in total. The highest BCUT2D eigenvalue weighted by molar-refractivity contribution is 6.34. The fraction of sp³-hybridized carbons (Fsp3) is 0.395. The Kier molecular flexibility index (Phi) is 12.1. The molecule has 3 fully saturated rings. The summed E-state index contributed by atoms with van der Waals surface area (Å²) in [6.45, 7) is 9.08. The van der Waals surface area contributed by atoms with Gasteiger partial charge in [0.1, 0.15) is 17.7 Å². The first kappa shape index (κ1) is 38.9. The Hall–Kier alpha value is -4.77. The molecular formula is C43H48ClN3O7. The van der Waals surface area contributed by atoms with E-state index in [1.54, 1.807) is 48.4 Å². The number of allylic oxidation sites excluding steroid dienone is 1. The second kappa shape index (κ2) is 16.7. The van der Waals surface area contributed by atoms with Crippen LogP contribution >= 0.6 is 11.6 Å². The number of fused-ring (bicyclic) bond motifs is 1. The van der Waals surface area contributed by atoms with Crippen LogP contribution in [-0.4, -0.2) is 88.6 Å². The van der Waals surface area contributed by atoms with Gasteiger partial charge in [-0.2, -0.15) is 0 Å². The summed E-state index contributed by atoms with van der Waals surface area (Å²) in [5.74, 6) is -3.76. The third-order valence-corrected chi connectivity index (χ3v) is 11.6. The molecule has 54 heavy (non-hydrogen) atoms. The van der Waals surface area contributed by atoms with Crippen molar-refractivity contribution in [1.29, 1.82) is 0 Å². The predicted octanol–water partition coefficient (Wildman–Crippen LogP) is 5.93. The lowest BCUT2D eigenvalue weighted by molar-refractivity contribution is -0.165. The summed E-state index contributed by atoms with van der Waals surface area (Å²) in [6.07, 6.45) is 3.52. The Morgan fingerprint density at radius 3 is 2.35 bits per heavy atom. The molecule has 1 spiro atoms. The second-order valence-corrected chi connectivity index (χ2v) is 14.8. The van der Waals surface area contributed by atoms with Crippen molar-refractivity contribution in [3.05, 3.63) is 126 Å². The summed E-state index contributed by atoms with van der Waals surface area (Å²) >= 11 is 6.64. The fourth-order valence-electron chi connectivity index (χ4n) is 8.55. The van der Waals surface area contributed by atoms with Crippen LogP contribution in [0, 0.1) is 11.8 Å². The van der Waals surface area contributed by atoms with E-state index in [-0.39, 0.29) is 25.3 Å². The number of ether oxygens (including phenoxy) is 2. The Labute approximate surface area is 322 Å². The highest BCUT2D eigenvalue weighted by Gasteiger charge is 2.76. The number of aliphatic hydroxyl groups excluding tert-OH is 1. The van der Waals surface area contributed by atoms with E-state index in [0.29, 0.717) is 35.5 Å². The summed E-state index contributed by atoms with van der Waals surface area (Å²) in [7, 11) is 1.68. The number of hydrogen-bond donors (Lipinski definition) is 1. The van der Waals surface area contributed by atoms with Gasteiger partial charge in [-0.1, -0.05) is 96.5 Å². The maximum Gasteiger partial charge on any atom is 0.313 e. The number of amides is 3. The number of likely N-dealkylation sites (N-methyl/N-ethyl adjacent to an activating group) is 1. The summed E-state index contributed by atoms with van der Waals surface area (Å²) in [6, 6.07) is 23.0. The van der Waals surface area contributed by atoms with Gasteiger partial charge in [-0.05, 0) is 55.9 Å². The number of carbonyl (C=O) groups excluding carboxylic acids is 4. The number of halogens is 1. The van der Waals surface area contributed by atoms with Gasteiger partial charge in [-0.25, -0.2) is 0 Å². The Morgan fingerprint density at radius 1 is 1.04 bits per heavy atom. The molecule has 3 aliphatic heterocycles. The predicted molar refractivity (Wildman–Crippen MR) is 206 cm³/mol. The minimum absolute atomic E-state index is 0.0922. The zero-order chi connectivity index (χ0) is 38.6. The molecule has 3 heterocycles. The number of anilines is 1. The summed E-state index contributed by atoms with van der Waals surface area (Å²) in [5, 5.41) is 11.2. The van der Waals surface area contributed by atoms with E-state index in [2.05, 4.69) is 13.2 Å². The van der Waals surface area contributed by atoms with Gasteiger partial charge in [0, 0.05) is 20.0 Å². The monoisotopic (exact) mass is 753 g/mol. The van der Waals surface area contributed by atoms with Crippen LogP contribution in [0.25, 0.3) is 0 Å². The molecule has 11 heteroatoms. The van der Waals surface area contributed by atoms with Crippen molar-refractivity contribution in [1.82, 2.24) is 9.80 Å². The summed E-state index contributed by atoms with van der Waals surface area (Å²) in [5.41, 5.74) is 0.621. The molecule has 10 nitrogen and oxygen atoms in total. The Morgan fingerprint density at radius 2 is 1.70 bits per heavy atom. The van der Waals surface area contributed by atoms with Crippen LogP contribution in [0.5, 0.6) is 0 Å². The minimum Gasteiger partial charge on any atom is -0.455 e. The maximum atomic E-state index is 15.1. The van der Waals surface area contributed by atoms with Crippen LogP contribution in [0.4, 0.5) is 5.69 Å². The van der Waals surface area contributed by atoms with Crippen LogP contribution < -0.4 is 4.90 Å². The van der Waals surface area contributed by atoms with E-state index in [9.17, 15) is 14.7 Å². The SMILES string of the molecule is C=CCCC(=O)N(C)[C@H](C)[C@H](OC(=O)[C@@H]1[C@@H]2CC[C@]3(O2)[C@H](C(=O)N(CC=C)c2ccccc2Cl)N([C@@H](CO)Cc2ccccc2)C(=O)[C@@H]13)c1ccccc1. The fourth-order valence-corrected chi connectivity index (χ4v) is 8.78. The van der Waals surface area contributed by atoms with Crippen molar-refractivity contribution in [3.8, 4) is 0 Å². The molecule has 3 saturated heterocycles. The third kappa shape index (κ3) is 7.22. The molecule has 0 saturated carbocycles. The molecule has 2 bridgehead atoms. The number of esters is 1. The lowest BCUT2D eigenvalue weighted by atomic mass is 9.70. The van der Waals surface area contributed by atoms with Crippen molar-refractivity contribution in [2.24, 2.45) is 11.8 Å². The molecule has 8 atom stereocenters. The van der Waals surface area contributed by atoms with Gasteiger partial charge < -0.3 is 29.3 Å². The molecule has 0 unspecified atom stereocenters. The van der Waals surface area contributed by atoms with Gasteiger partial charge >= 0.3 is 5.97 Å². The number of hydrogen-bond acceptors (Lipinski definition) is 7. The number of benzene rings is 3. The van der Waals surface area contributed by atoms with Crippen molar-refractivity contribution < 1.29 is 33.8 Å². The van der Waals surface area contributed by atoms with Crippen molar-refractivity contribution in [3.63, 3.8) is 0 Å². The number of rotatable bonds is 16. The molecule has 0 aliphatic carbocycles. The Balaban J connectivity index is 1.39. The molecule has 0 radical (unpaired) electrons. The average Bonchev–Trinajstić information content (AvgIpc) is 3.84. The topological polar surface area (TPSA) is 117 Å². The molecule has 3 aliphatic rings. The van der Waals surface area contributed by atoms with Crippen LogP contribution in [-0.2, 0) is 35.1 Å². The zero-order valence-corrected chi connectivity index (χ0v) is 31.5. The molecule has 3 aromatic rings. The normalized spacial score (nSPS) is 24.3. The summed E-state index contributed by atoms with van der Waals surface area (Å²) in [4.78, 5) is 62.3. The maximum absolute atomic E-state index is 15.1. The lowest BCUT2D eigenvalue weighted by Crippen LogP contribution is -2.59. The molecule has 284 valence electrons. The average molecular weight is 754 g/mol. The van der Waals surface area contributed by atoms with Gasteiger partial charge in [0.2, 0.25) is 11.8 Å². The largest absolute Gasteiger partial charge is 0.455 e. The number of para-hydroxylation sites is 1. The van der Waals surface area contributed by atoms with Crippen LogP contribution in [0.3, 0.4) is 0 Å². The van der Waals surface area contributed by atoms with Gasteiger partial charge in [0.15, 0.2) is 0 Å². The van der Waals surface area contributed by atoms with Gasteiger partial charge in [-0.3, -0.25) is 19.2 Å². The summed E-state index contributed by atoms with van der Waals surface area (Å²) < 4.78 is 13.1. The zero-order valence-electron chi connectivity index (χ0n) is 30.8. The van der Waals surface area contributed by atoms with E-state index >= 15 is 9.59 Å². The van der Waals surface area contributed by atoms with Crippen LogP contribution in [0.2, 0.25) is 5.02 Å². The van der Waals surface area contributed by atoms with Crippen molar-refractivity contribution in [2.75, 3.05) is 25.1 Å². The van der Waals surface area contributed by atoms with Gasteiger partial charge in [-0.15, -0.1) is 13.2 Å². The smallest absolute Gasteiger partial charge is 0.313 e. The highest BCUT2D eigenvalue weighted by Crippen LogP contribution is 2.59. The Bertz CT molecular complexity index is 1860. The van der Waals surface area contributed by atoms with Crippen molar-refractivity contribution in [2.45, 2.75) is 75.0 Å². The van der Waals surface area contributed by atoms with Gasteiger partial charge in [0.25, 0.3) is 5.91 Å². The van der Waals surface area contributed by atoms with Crippen LogP contribution in [0.15, 0.2) is 110 Å². The number of aliphatic hydroxyl groups is 1. The molecule has 6 rings (SSSR count). The molecular weight excluding hydrogens is 706 g/mol. The lowest BCUT2D eigenvalue weighted by Gasteiger charge is -2.39. The first-order chi connectivity index (χ1) is 26.1. The van der Waals surface area contributed by atoms with Gasteiger partial charge in [0.05, 0.1) is 47.3 Å². The molecule has 0 aromatic heterocycles. The number of likely N-dealkylation sites (tertiary alicyclic amines) is 1. The van der Waals surface area contributed by atoms with Crippen LogP contribution in [0.1, 0.15) is 49.8 Å². The standard InChI is InChI=1S/C43H48ClN3O7/c1-5-7-22-35(49)45(4)28(3)38(30-18-12-9-13-19-30)53-42(52)36-34-23-24-43(54-34)37(36)40(50)47(31(27-48)26-29-16-10-8-11-17-29)39(43)41(51)46(25-6-2)33-21-15-14-20-32(33)44/h5-6,8-21,28,31,34,36-39,48H,1-2,7,22-27H2,3-4H3/t28-,31-,34+,36-,37-,38+,39+,43-/m1/s1. The van der Waals surface area contributed by atoms with E-state index in [0.717, 1.165) is 5.56 Å². The van der Waals surface area contributed by atoms with E-state index in [1.165, 1.54) is 9.80 Å². The highest BCUT2D eigenvalue weighted by atomic mass is 35.5. The second-order valence-electron chi connectivity index (χ2n) is 14.4. The van der Waals surface area contributed by atoms with E-state index in [4.69, 9.17) is 21.1 Å². The molecule has 3 amide bonds.